The predicted octanol–water partition coefficient (Wildman–Crippen LogP) is 4.39. The predicted molar refractivity (Wildman–Crippen MR) is 90.8 cm³/mol. The minimum atomic E-state index is -4.18. The van der Waals surface area contributed by atoms with E-state index in [1.807, 2.05) is 42.5 Å². The van der Waals surface area contributed by atoms with E-state index >= 15 is 0 Å². The molecule has 0 amide bonds. The van der Waals surface area contributed by atoms with Gasteiger partial charge in [0.15, 0.2) is 5.69 Å². The molecule has 0 unspecified atom stereocenters. The molecule has 5 heteroatoms. The number of benzene rings is 2. The molecule has 24 heavy (non-hydrogen) atoms. The topological polar surface area (TPSA) is 13.1 Å². The summed E-state index contributed by atoms with van der Waals surface area (Å²) in [5.74, 6) is 0.188. The first-order chi connectivity index (χ1) is 11.6. The number of nitrogens with zero attached hydrogens (tertiary/aromatic N) is 1. The van der Waals surface area contributed by atoms with Gasteiger partial charge in [0.05, 0.1) is 5.76 Å². The summed E-state index contributed by atoms with van der Waals surface area (Å²) in [6.45, 7) is 0. The zero-order valence-electron chi connectivity index (χ0n) is 12.8. The summed E-state index contributed by atoms with van der Waals surface area (Å²) in [6.07, 6.45) is 3.09. The van der Waals surface area contributed by atoms with Gasteiger partial charge < -0.3 is 17.8 Å². The van der Waals surface area contributed by atoms with Gasteiger partial charge in [0.25, 0.3) is 0 Å². The zero-order valence-corrected chi connectivity index (χ0v) is 12.8. The van der Waals surface area contributed by atoms with Gasteiger partial charge in [-0.05, 0) is 11.6 Å². The Morgan fingerprint density at radius 1 is 0.708 bits per heavy atom. The molecule has 0 aliphatic carbocycles. The van der Waals surface area contributed by atoms with Gasteiger partial charge in [0.2, 0.25) is 0 Å². The van der Waals surface area contributed by atoms with Crippen LogP contribution in [-0.4, -0.2) is 7.04 Å². The summed E-state index contributed by atoms with van der Waals surface area (Å²) in [5, 5.41) is 0. The van der Waals surface area contributed by atoms with Crippen LogP contribution in [0.5, 0.6) is 0 Å². The first-order valence-corrected chi connectivity index (χ1v) is 7.71. The average molecular weight is 321 g/mol. The van der Waals surface area contributed by atoms with E-state index in [2.05, 4.69) is 0 Å². The summed E-state index contributed by atoms with van der Waals surface area (Å²) in [4.78, 5) is 0. The minimum Gasteiger partial charge on any atom is -0.599 e. The van der Waals surface area contributed by atoms with Gasteiger partial charge in [-0.2, -0.15) is 0 Å². The SMILES string of the molecule is F[B-]1(F)OC(c2ccccc2)=Cc2ccc(-c3ccccc3)c[n+]21. The van der Waals surface area contributed by atoms with E-state index in [0.29, 0.717) is 11.3 Å². The van der Waals surface area contributed by atoms with Gasteiger partial charge in [-0.25, -0.2) is 0 Å². The molecular formula is C19H14BF2NO. The van der Waals surface area contributed by atoms with Crippen LogP contribution in [0.3, 0.4) is 0 Å². The van der Waals surface area contributed by atoms with Crippen molar-refractivity contribution < 1.29 is 17.8 Å². The fraction of sp³-hybridized carbons (Fsp3) is 0. The lowest BCUT2D eigenvalue weighted by Gasteiger charge is -2.28. The second-order valence-electron chi connectivity index (χ2n) is 5.67. The number of hydrogen-bond acceptors (Lipinski definition) is 1. The third-order valence-electron chi connectivity index (χ3n) is 4.05. The molecule has 0 bridgehead atoms. The van der Waals surface area contributed by atoms with Crippen molar-refractivity contribution in [2.45, 2.75) is 0 Å². The molecule has 2 aromatic carbocycles. The van der Waals surface area contributed by atoms with Gasteiger partial charge >= 0.3 is 7.04 Å². The van der Waals surface area contributed by atoms with Crippen molar-refractivity contribution in [2.24, 2.45) is 0 Å². The third kappa shape index (κ3) is 2.58. The molecule has 0 N–H and O–H groups in total. The molecule has 0 radical (unpaired) electrons. The molecule has 1 aliphatic heterocycles. The fourth-order valence-electron chi connectivity index (χ4n) is 2.84. The minimum absolute atomic E-state index is 0.188. The molecule has 0 spiro atoms. The number of hydrogen-bond donors (Lipinski definition) is 0. The van der Waals surface area contributed by atoms with Crippen molar-refractivity contribution >= 4 is 18.9 Å². The first-order valence-electron chi connectivity index (χ1n) is 7.71. The number of fused-ring (bicyclic) bond motifs is 1. The first kappa shape index (κ1) is 14.6. The Bertz CT molecular complexity index is 911. The summed E-state index contributed by atoms with van der Waals surface area (Å²) in [6, 6.07) is 21.9. The van der Waals surface area contributed by atoms with Crippen molar-refractivity contribution in [3.8, 4) is 11.1 Å². The molecule has 4 rings (SSSR count). The van der Waals surface area contributed by atoms with Crippen LogP contribution in [0, 0.1) is 0 Å². The van der Waals surface area contributed by atoms with E-state index in [1.54, 1.807) is 36.4 Å². The normalized spacial score (nSPS) is 15.2. The van der Waals surface area contributed by atoms with Crippen molar-refractivity contribution in [2.75, 3.05) is 0 Å². The van der Waals surface area contributed by atoms with Crippen LogP contribution in [0.4, 0.5) is 8.63 Å². The van der Waals surface area contributed by atoms with E-state index in [0.717, 1.165) is 15.6 Å². The van der Waals surface area contributed by atoms with Gasteiger partial charge in [0.1, 0.15) is 6.20 Å². The lowest BCUT2D eigenvalue weighted by molar-refractivity contribution is -0.583. The van der Waals surface area contributed by atoms with E-state index in [9.17, 15) is 8.63 Å². The van der Waals surface area contributed by atoms with E-state index in [1.165, 1.54) is 6.20 Å². The van der Waals surface area contributed by atoms with Crippen LogP contribution in [0.15, 0.2) is 79.0 Å². The van der Waals surface area contributed by atoms with Gasteiger partial charge in [-0.3, -0.25) is 0 Å². The highest BCUT2D eigenvalue weighted by Gasteiger charge is 2.49. The third-order valence-corrected chi connectivity index (χ3v) is 4.05. The highest BCUT2D eigenvalue weighted by Crippen LogP contribution is 2.28. The molecular weight excluding hydrogens is 307 g/mol. The second kappa shape index (κ2) is 5.60. The van der Waals surface area contributed by atoms with Crippen molar-refractivity contribution in [1.29, 1.82) is 0 Å². The number of pyridine rings is 1. The van der Waals surface area contributed by atoms with Crippen LogP contribution < -0.4 is 4.48 Å². The largest absolute Gasteiger partial charge is 0.834 e. The lowest BCUT2D eigenvalue weighted by atomic mass is 9.96. The molecule has 0 atom stereocenters. The Balaban J connectivity index is 1.82. The molecule has 118 valence electrons. The van der Waals surface area contributed by atoms with Crippen molar-refractivity contribution in [3.63, 3.8) is 0 Å². The Hall–Kier alpha value is -2.95. The maximum absolute atomic E-state index is 14.6. The molecule has 1 aliphatic rings. The molecule has 3 aromatic rings. The fourth-order valence-corrected chi connectivity index (χ4v) is 2.84. The highest BCUT2D eigenvalue weighted by atomic mass is 19.3. The van der Waals surface area contributed by atoms with Crippen molar-refractivity contribution in [3.05, 3.63) is 90.3 Å². The Kier molecular flexibility index (Phi) is 3.42. The smallest absolute Gasteiger partial charge is 0.599 e. The summed E-state index contributed by atoms with van der Waals surface area (Å²) in [5.41, 5.74) is 2.67. The van der Waals surface area contributed by atoms with Crippen molar-refractivity contribution in [1.82, 2.24) is 0 Å². The number of halogens is 2. The van der Waals surface area contributed by atoms with Crippen LogP contribution in [0.25, 0.3) is 23.0 Å². The Morgan fingerprint density at radius 2 is 1.33 bits per heavy atom. The number of rotatable bonds is 2. The standard InChI is InChI=1S/C19H14BF2NO/c21-20(22)23-14-17(15-7-3-1-4-8-15)11-12-18(23)13-19(24-20)16-9-5-2-6-10-16/h1-14H. The van der Waals surface area contributed by atoms with Crippen LogP contribution >= 0.6 is 0 Å². The Labute approximate surface area is 138 Å². The van der Waals surface area contributed by atoms with E-state index in [4.69, 9.17) is 4.65 Å². The lowest BCUT2D eigenvalue weighted by Crippen LogP contribution is -2.63. The molecule has 0 saturated carbocycles. The highest BCUT2D eigenvalue weighted by molar-refractivity contribution is 6.51. The van der Waals surface area contributed by atoms with Crippen LogP contribution in [0.1, 0.15) is 11.3 Å². The maximum atomic E-state index is 14.6. The van der Waals surface area contributed by atoms with E-state index < -0.39 is 7.04 Å². The van der Waals surface area contributed by atoms with Crippen LogP contribution in [-0.2, 0) is 4.65 Å². The zero-order chi connectivity index (χ0) is 16.6. The second-order valence-corrected chi connectivity index (χ2v) is 5.67. The van der Waals surface area contributed by atoms with Gasteiger partial charge in [-0.1, -0.05) is 60.7 Å². The van der Waals surface area contributed by atoms with Gasteiger partial charge in [-0.15, -0.1) is 0 Å². The average Bonchev–Trinajstić information content (AvgIpc) is 2.62. The summed E-state index contributed by atoms with van der Waals surface area (Å²) >= 11 is 0. The molecule has 2 nitrogen and oxygen atoms in total. The summed E-state index contributed by atoms with van der Waals surface area (Å²) in [7, 11) is -4.18. The molecule has 0 fully saturated rings. The molecule has 0 saturated heterocycles. The molecule has 2 heterocycles. The van der Waals surface area contributed by atoms with E-state index in [-0.39, 0.29) is 5.76 Å². The Morgan fingerprint density at radius 3 is 2.00 bits per heavy atom. The van der Waals surface area contributed by atoms with Gasteiger partial charge in [0, 0.05) is 23.3 Å². The summed E-state index contributed by atoms with van der Waals surface area (Å²) < 4.78 is 35.1. The number of aromatic nitrogens is 1. The van der Waals surface area contributed by atoms with Crippen LogP contribution in [0.2, 0.25) is 0 Å². The maximum Gasteiger partial charge on any atom is 0.834 e. The quantitative estimate of drug-likeness (QED) is 0.638. The molecule has 1 aromatic heterocycles. The monoisotopic (exact) mass is 321 g/mol.